The van der Waals surface area contributed by atoms with Gasteiger partial charge in [-0.2, -0.15) is 0 Å². The van der Waals surface area contributed by atoms with Gasteiger partial charge in [-0.3, -0.25) is 0 Å². The molecule has 2 aromatic rings. The first-order valence-electron chi connectivity index (χ1n) is 5.76. The van der Waals surface area contributed by atoms with Crippen molar-refractivity contribution in [1.82, 2.24) is 5.32 Å². The first-order chi connectivity index (χ1) is 7.93. The molecule has 0 bridgehead atoms. The van der Waals surface area contributed by atoms with E-state index in [2.05, 4.69) is 40.3 Å². The normalized spacial score (nSPS) is 25.8. The molecule has 1 aliphatic heterocycles. The average Bonchev–Trinajstić information content (AvgIpc) is 3.03. The van der Waals surface area contributed by atoms with Crippen LogP contribution in [0.25, 0.3) is 0 Å². The first kappa shape index (κ1) is 10.5. The van der Waals surface area contributed by atoms with Gasteiger partial charge >= 0.3 is 0 Å². The van der Waals surface area contributed by atoms with Gasteiger partial charge in [-0.1, -0.05) is 12.1 Å². The predicted molar refractivity (Wildman–Crippen MR) is 71.1 cm³/mol. The molecule has 0 spiro atoms. The zero-order valence-corrected chi connectivity index (χ0v) is 10.7. The second kappa shape index (κ2) is 4.70. The van der Waals surface area contributed by atoms with Crippen molar-refractivity contribution >= 4 is 22.7 Å². The van der Waals surface area contributed by atoms with Crippen LogP contribution in [0.2, 0.25) is 0 Å². The van der Waals surface area contributed by atoms with E-state index < -0.39 is 0 Å². The molecule has 0 aromatic carbocycles. The molecular formula is C13H15NS2. The van der Waals surface area contributed by atoms with E-state index in [9.17, 15) is 0 Å². The van der Waals surface area contributed by atoms with Crippen molar-refractivity contribution in [1.29, 1.82) is 0 Å². The van der Waals surface area contributed by atoms with Crippen LogP contribution in [0.1, 0.15) is 41.1 Å². The maximum atomic E-state index is 3.78. The molecule has 2 aromatic heterocycles. The predicted octanol–water partition coefficient (Wildman–Crippen LogP) is 4.37. The molecule has 0 unspecified atom stereocenters. The smallest absolute Gasteiger partial charge is 0.0419 e. The number of nitrogens with one attached hydrogen (secondary N) is 1. The Hall–Kier alpha value is -0.640. The van der Waals surface area contributed by atoms with Crippen LogP contribution in [0.5, 0.6) is 0 Å². The molecule has 2 atom stereocenters. The molecule has 3 heteroatoms. The van der Waals surface area contributed by atoms with Crippen LogP contribution in [0.15, 0.2) is 35.0 Å². The molecule has 1 fully saturated rings. The molecule has 3 rings (SSSR count). The van der Waals surface area contributed by atoms with Crippen LogP contribution in [-0.4, -0.2) is 0 Å². The Labute approximate surface area is 104 Å². The number of hydrogen-bond acceptors (Lipinski definition) is 3. The van der Waals surface area contributed by atoms with Crippen molar-refractivity contribution in [3.63, 3.8) is 0 Å². The number of thiophene rings is 2. The van der Waals surface area contributed by atoms with E-state index in [1.165, 1.54) is 29.0 Å². The van der Waals surface area contributed by atoms with Gasteiger partial charge in [0.15, 0.2) is 0 Å². The SMILES string of the molecule is c1csc([C@@H]2CCC[C@H](c3cccs3)N2)c1. The summed E-state index contributed by atoms with van der Waals surface area (Å²) >= 11 is 3.74. The Morgan fingerprint density at radius 2 is 1.50 bits per heavy atom. The standard InChI is InChI=1S/C13H15NS2/c1-4-10(12-6-2-8-15-12)14-11(5-1)13-7-3-9-16-13/h2-3,6-11,14H,1,4-5H2/t10-,11+. The van der Waals surface area contributed by atoms with Gasteiger partial charge < -0.3 is 5.32 Å². The number of rotatable bonds is 2. The van der Waals surface area contributed by atoms with Crippen molar-refractivity contribution in [2.45, 2.75) is 31.3 Å². The Balaban J connectivity index is 1.75. The highest BCUT2D eigenvalue weighted by Gasteiger charge is 2.24. The fourth-order valence-corrected chi connectivity index (χ4v) is 4.01. The van der Waals surface area contributed by atoms with Crippen LogP contribution in [0.4, 0.5) is 0 Å². The van der Waals surface area contributed by atoms with Gasteiger partial charge in [-0.15, -0.1) is 22.7 Å². The molecule has 1 aliphatic rings. The van der Waals surface area contributed by atoms with Crippen LogP contribution in [-0.2, 0) is 0 Å². The van der Waals surface area contributed by atoms with Gasteiger partial charge in [0.25, 0.3) is 0 Å². The summed E-state index contributed by atoms with van der Waals surface area (Å²) in [5.74, 6) is 0. The van der Waals surface area contributed by atoms with Crippen LogP contribution >= 0.6 is 22.7 Å². The molecular weight excluding hydrogens is 234 g/mol. The van der Waals surface area contributed by atoms with Crippen LogP contribution < -0.4 is 5.32 Å². The lowest BCUT2D eigenvalue weighted by atomic mass is 9.97. The summed E-state index contributed by atoms with van der Waals surface area (Å²) < 4.78 is 0. The van der Waals surface area contributed by atoms with Crippen molar-refractivity contribution in [3.8, 4) is 0 Å². The van der Waals surface area contributed by atoms with E-state index in [1.54, 1.807) is 0 Å². The van der Waals surface area contributed by atoms with Gasteiger partial charge in [-0.05, 0) is 42.2 Å². The lowest BCUT2D eigenvalue weighted by Gasteiger charge is -2.30. The van der Waals surface area contributed by atoms with E-state index in [0.29, 0.717) is 12.1 Å². The first-order valence-corrected chi connectivity index (χ1v) is 7.52. The summed E-state index contributed by atoms with van der Waals surface area (Å²) in [6, 6.07) is 9.94. The molecule has 0 radical (unpaired) electrons. The summed E-state index contributed by atoms with van der Waals surface area (Å²) in [5.41, 5.74) is 0. The van der Waals surface area contributed by atoms with Crippen molar-refractivity contribution in [2.24, 2.45) is 0 Å². The molecule has 0 saturated carbocycles. The second-order valence-corrected chi connectivity index (χ2v) is 6.19. The Kier molecular flexibility index (Phi) is 3.09. The van der Waals surface area contributed by atoms with Crippen LogP contribution in [0.3, 0.4) is 0 Å². The largest absolute Gasteiger partial charge is 0.302 e. The van der Waals surface area contributed by atoms with Gasteiger partial charge in [0.05, 0.1) is 0 Å². The Morgan fingerprint density at radius 3 is 1.94 bits per heavy atom. The minimum atomic E-state index is 0.570. The van der Waals surface area contributed by atoms with Crippen LogP contribution in [0, 0.1) is 0 Å². The van der Waals surface area contributed by atoms with Crippen molar-refractivity contribution in [2.75, 3.05) is 0 Å². The number of hydrogen-bond donors (Lipinski definition) is 1. The van der Waals surface area contributed by atoms with E-state index >= 15 is 0 Å². The van der Waals surface area contributed by atoms with Crippen molar-refractivity contribution < 1.29 is 0 Å². The van der Waals surface area contributed by atoms with E-state index in [4.69, 9.17) is 0 Å². The summed E-state index contributed by atoms with van der Waals surface area (Å²) in [5, 5.41) is 8.12. The highest BCUT2D eigenvalue weighted by Crippen LogP contribution is 2.35. The topological polar surface area (TPSA) is 12.0 Å². The highest BCUT2D eigenvalue weighted by molar-refractivity contribution is 7.10. The third-order valence-corrected chi connectivity index (χ3v) is 5.13. The van der Waals surface area contributed by atoms with Gasteiger partial charge in [0, 0.05) is 21.8 Å². The highest BCUT2D eigenvalue weighted by atomic mass is 32.1. The molecule has 1 N–H and O–H groups in total. The maximum Gasteiger partial charge on any atom is 0.0419 e. The lowest BCUT2D eigenvalue weighted by Crippen LogP contribution is -2.29. The summed E-state index contributed by atoms with van der Waals surface area (Å²) in [7, 11) is 0. The molecule has 1 saturated heterocycles. The molecule has 3 heterocycles. The Morgan fingerprint density at radius 1 is 0.938 bits per heavy atom. The van der Waals surface area contributed by atoms with E-state index in [-0.39, 0.29) is 0 Å². The fraction of sp³-hybridized carbons (Fsp3) is 0.385. The van der Waals surface area contributed by atoms with Crippen molar-refractivity contribution in [3.05, 3.63) is 44.8 Å². The maximum absolute atomic E-state index is 3.78. The van der Waals surface area contributed by atoms with Gasteiger partial charge in [0.2, 0.25) is 0 Å². The third kappa shape index (κ3) is 2.08. The fourth-order valence-electron chi connectivity index (χ4n) is 2.36. The average molecular weight is 249 g/mol. The quantitative estimate of drug-likeness (QED) is 0.833. The lowest BCUT2D eigenvalue weighted by molar-refractivity contribution is 0.337. The summed E-state index contributed by atoms with van der Waals surface area (Å²) in [6.45, 7) is 0. The molecule has 0 amide bonds. The third-order valence-electron chi connectivity index (χ3n) is 3.16. The monoisotopic (exact) mass is 249 g/mol. The Bertz CT molecular complexity index is 378. The van der Waals surface area contributed by atoms with Gasteiger partial charge in [-0.25, -0.2) is 0 Å². The minimum absolute atomic E-state index is 0.570. The molecule has 84 valence electrons. The minimum Gasteiger partial charge on any atom is -0.302 e. The second-order valence-electron chi connectivity index (χ2n) is 4.23. The summed E-state index contributed by atoms with van der Waals surface area (Å²) in [6.07, 6.45) is 3.89. The molecule has 16 heavy (non-hydrogen) atoms. The van der Waals surface area contributed by atoms with Gasteiger partial charge in [0.1, 0.15) is 0 Å². The summed E-state index contributed by atoms with van der Waals surface area (Å²) in [4.78, 5) is 2.97. The number of piperidine rings is 1. The zero-order chi connectivity index (χ0) is 10.8. The van der Waals surface area contributed by atoms with E-state index in [0.717, 1.165) is 0 Å². The molecule has 0 aliphatic carbocycles. The molecule has 1 nitrogen and oxygen atoms in total. The zero-order valence-electron chi connectivity index (χ0n) is 9.06. The van der Waals surface area contributed by atoms with E-state index in [1.807, 2.05) is 22.7 Å².